The van der Waals surface area contributed by atoms with E-state index in [-0.39, 0.29) is 12.0 Å². The van der Waals surface area contributed by atoms with Gasteiger partial charge >= 0.3 is 0 Å². The maximum absolute atomic E-state index is 12.7. The summed E-state index contributed by atoms with van der Waals surface area (Å²) in [7, 11) is -3.40. The molecule has 0 spiro atoms. The van der Waals surface area contributed by atoms with Gasteiger partial charge in [-0.25, -0.2) is 8.42 Å². The zero-order valence-electron chi connectivity index (χ0n) is 11.8. The summed E-state index contributed by atoms with van der Waals surface area (Å²) >= 11 is 0. The van der Waals surface area contributed by atoms with Gasteiger partial charge in [-0.3, -0.25) is 0 Å². The standard InChI is InChI=1S/C14H22N2O2S/c1-10-4-5-14(11(2)6-10)19(17,18)16-9-13(8-15)7-12(16)3/h4-6,12-13H,7-9,15H2,1-3H3. The van der Waals surface area contributed by atoms with Gasteiger partial charge in [0.2, 0.25) is 10.0 Å². The lowest BCUT2D eigenvalue weighted by Gasteiger charge is -2.22. The minimum Gasteiger partial charge on any atom is -0.330 e. The predicted molar refractivity (Wildman–Crippen MR) is 76.4 cm³/mol. The Morgan fingerprint density at radius 2 is 2.05 bits per heavy atom. The average Bonchev–Trinajstić information content (AvgIpc) is 2.70. The van der Waals surface area contributed by atoms with E-state index < -0.39 is 10.0 Å². The Kier molecular flexibility index (Phi) is 3.99. The van der Waals surface area contributed by atoms with E-state index in [2.05, 4.69) is 0 Å². The molecular weight excluding hydrogens is 260 g/mol. The maximum Gasteiger partial charge on any atom is 0.243 e. The lowest BCUT2D eigenvalue weighted by molar-refractivity contribution is 0.404. The van der Waals surface area contributed by atoms with Crippen LogP contribution in [0.15, 0.2) is 23.1 Å². The molecule has 1 aromatic carbocycles. The van der Waals surface area contributed by atoms with Gasteiger partial charge in [0, 0.05) is 12.6 Å². The third kappa shape index (κ3) is 2.68. The first-order valence-corrected chi connectivity index (χ1v) is 8.09. The molecule has 0 aliphatic carbocycles. The van der Waals surface area contributed by atoms with E-state index in [1.54, 1.807) is 10.4 Å². The number of nitrogens with zero attached hydrogens (tertiary/aromatic N) is 1. The molecule has 0 bridgehead atoms. The second kappa shape index (κ2) is 5.23. The summed E-state index contributed by atoms with van der Waals surface area (Å²) < 4.78 is 27.0. The zero-order valence-corrected chi connectivity index (χ0v) is 12.6. The molecule has 5 heteroatoms. The monoisotopic (exact) mass is 282 g/mol. The van der Waals surface area contributed by atoms with Crippen LogP contribution in [0.5, 0.6) is 0 Å². The number of hydrogen-bond acceptors (Lipinski definition) is 3. The fourth-order valence-electron chi connectivity index (χ4n) is 2.83. The molecule has 2 unspecified atom stereocenters. The van der Waals surface area contributed by atoms with Crippen molar-refractivity contribution in [3.8, 4) is 0 Å². The van der Waals surface area contributed by atoms with E-state index in [1.807, 2.05) is 32.9 Å². The molecule has 2 atom stereocenters. The second-order valence-electron chi connectivity index (χ2n) is 5.53. The molecule has 1 heterocycles. The SMILES string of the molecule is Cc1ccc(S(=O)(=O)N2CC(CN)CC2C)c(C)c1. The molecule has 0 aromatic heterocycles. The van der Waals surface area contributed by atoms with Gasteiger partial charge in [-0.15, -0.1) is 0 Å². The van der Waals surface area contributed by atoms with Gasteiger partial charge in [0.1, 0.15) is 0 Å². The zero-order chi connectivity index (χ0) is 14.2. The molecule has 1 fully saturated rings. The third-order valence-electron chi connectivity index (χ3n) is 3.85. The van der Waals surface area contributed by atoms with Crippen molar-refractivity contribution in [3.63, 3.8) is 0 Å². The highest BCUT2D eigenvalue weighted by Gasteiger charge is 2.37. The van der Waals surface area contributed by atoms with Crippen LogP contribution in [0.25, 0.3) is 0 Å². The molecule has 0 saturated carbocycles. The summed E-state index contributed by atoms with van der Waals surface area (Å²) in [6, 6.07) is 5.50. The molecule has 0 amide bonds. The number of benzene rings is 1. The number of nitrogens with two attached hydrogens (primary N) is 1. The smallest absolute Gasteiger partial charge is 0.243 e. The first-order valence-electron chi connectivity index (χ1n) is 6.65. The largest absolute Gasteiger partial charge is 0.330 e. The third-order valence-corrected chi connectivity index (χ3v) is 5.99. The van der Waals surface area contributed by atoms with E-state index in [1.165, 1.54) is 0 Å². The maximum atomic E-state index is 12.7. The minimum atomic E-state index is -3.40. The first kappa shape index (κ1) is 14.5. The van der Waals surface area contributed by atoms with E-state index in [0.717, 1.165) is 17.5 Å². The Bertz CT molecular complexity index is 569. The van der Waals surface area contributed by atoms with E-state index in [0.29, 0.717) is 18.0 Å². The van der Waals surface area contributed by atoms with Crippen molar-refractivity contribution < 1.29 is 8.42 Å². The van der Waals surface area contributed by atoms with Crippen LogP contribution in [0.2, 0.25) is 0 Å². The minimum absolute atomic E-state index is 0.0271. The first-order chi connectivity index (χ1) is 8.86. The van der Waals surface area contributed by atoms with Crippen molar-refractivity contribution >= 4 is 10.0 Å². The van der Waals surface area contributed by atoms with Crippen molar-refractivity contribution in [2.45, 2.75) is 38.1 Å². The molecule has 1 aromatic rings. The highest BCUT2D eigenvalue weighted by Crippen LogP contribution is 2.30. The Morgan fingerprint density at radius 1 is 1.37 bits per heavy atom. The number of sulfonamides is 1. The fourth-order valence-corrected chi connectivity index (χ4v) is 4.76. The van der Waals surface area contributed by atoms with E-state index in [4.69, 9.17) is 5.73 Å². The predicted octanol–water partition coefficient (Wildman–Crippen LogP) is 1.66. The van der Waals surface area contributed by atoms with Crippen LogP contribution in [0.1, 0.15) is 24.5 Å². The van der Waals surface area contributed by atoms with Crippen LogP contribution < -0.4 is 5.73 Å². The molecule has 2 rings (SSSR count). The summed E-state index contributed by atoms with van der Waals surface area (Å²) in [5.74, 6) is 0.274. The average molecular weight is 282 g/mol. The Morgan fingerprint density at radius 3 is 2.58 bits per heavy atom. The van der Waals surface area contributed by atoms with Crippen molar-refractivity contribution in [2.75, 3.05) is 13.1 Å². The van der Waals surface area contributed by atoms with E-state index >= 15 is 0 Å². The van der Waals surface area contributed by atoms with Crippen LogP contribution >= 0.6 is 0 Å². The second-order valence-corrected chi connectivity index (χ2v) is 7.39. The summed E-state index contributed by atoms with van der Waals surface area (Å²) in [5, 5.41) is 0. The Hall–Kier alpha value is -0.910. The number of hydrogen-bond donors (Lipinski definition) is 1. The van der Waals surface area contributed by atoms with Gasteiger partial charge in [0.15, 0.2) is 0 Å². The number of aryl methyl sites for hydroxylation is 2. The lowest BCUT2D eigenvalue weighted by Crippen LogP contribution is -2.34. The topological polar surface area (TPSA) is 63.4 Å². The molecule has 1 saturated heterocycles. The summed E-state index contributed by atoms with van der Waals surface area (Å²) in [5.41, 5.74) is 7.55. The van der Waals surface area contributed by atoms with Crippen LogP contribution in [-0.4, -0.2) is 31.9 Å². The van der Waals surface area contributed by atoms with Gasteiger partial charge in [0.05, 0.1) is 4.90 Å². The van der Waals surface area contributed by atoms with Crippen LogP contribution in [0.3, 0.4) is 0 Å². The molecule has 106 valence electrons. The van der Waals surface area contributed by atoms with Gasteiger partial charge < -0.3 is 5.73 Å². The normalized spacial score (nSPS) is 24.8. The van der Waals surface area contributed by atoms with Crippen molar-refractivity contribution in [1.82, 2.24) is 4.31 Å². The lowest BCUT2D eigenvalue weighted by atomic mass is 10.1. The molecular formula is C14H22N2O2S. The molecule has 0 radical (unpaired) electrons. The van der Waals surface area contributed by atoms with Gasteiger partial charge in [-0.2, -0.15) is 4.31 Å². The highest BCUT2D eigenvalue weighted by atomic mass is 32.2. The van der Waals surface area contributed by atoms with Gasteiger partial charge in [-0.1, -0.05) is 17.7 Å². The Labute approximate surface area is 115 Å². The fraction of sp³-hybridized carbons (Fsp3) is 0.571. The Balaban J connectivity index is 2.37. The van der Waals surface area contributed by atoms with Crippen LogP contribution in [-0.2, 0) is 10.0 Å². The van der Waals surface area contributed by atoms with Crippen LogP contribution in [0, 0.1) is 19.8 Å². The molecule has 1 aliphatic heterocycles. The molecule has 4 nitrogen and oxygen atoms in total. The van der Waals surface area contributed by atoms with Crippen LogP contribution in [0.4, 0.5) is 0 Å². The summed E-state index contributed by atoms with van der Waals surface area (Å²) in [4.78, 5) is 0.419. The molecule has 1 aliphatic rings. The molecule has 19 heavy (non-hydrogen) atoms. The quantitative estimate of drug-likeness (QED) is 0.917. The van der Waals surface area contributed by atoms with Crippen molar-refractivity contribution in [3.05, 3.63) is 29.3 Å². The summed E-state index contributed by atoms with van der Waals surface area (Å²) in [6.45, 7) is 6.85. The van der Waals surface area contributed by atoms with Crippen molar-refractivity contribution in [2.24, 2.45) is 11.7 Å². The highest BCUT2D eigenvalue weighted by molar-refractivity contribution is 7.89. The van der Waals surface area contributed by atoms with Gasteiger partial charge in [0.25, 0.3) is 0 Å². The van der Waals surface area contributed by atoms with Crippen molar-refractivity contribution in [1.29, 1.82) is 0 Å². The number of rotatable bonds is 3. The summed E-state index contributed by atoms with van der Waals surface area (Å²) in [6.07, 6.45) is 0.848. The van der Waals surface area contributed by atoms with E-state index in [9.17, 15) is 8.42 Å². The molecule has 2 N–H and O–H groups in total. The van der Waals surface area contributed by atoms with Gasteiger partial charge in [-0.05, 0) is 51.3 Å².